The molecule has 0 unspecified atom stereocenters. The first kappa shape index (κ1) is 20.0. The molecule has 3 N–H and O–H groups in total. The molecule has 0 aliphatic carbocycles. The van der Waals surface area contributed by atoms with Gasteiger partial charge in [-0.05, 0) is 29.8 Å². The number of hydrogen-bond acceptors (Lipinski definition) is 4. The predicted octanol–water partition coefficient (Wildman–Crippen LogP) is 2.73. The molecule has 27 heavy (non-hydrogen) atoms. The number of methoxy groups -OCH3 is 1. The summed E-state index contributed by atoms with van der Waals surface area (Å²) in [7, 11) is 1.32. The number of ether oxygens (including phenoxy) is 2. The van der Waals surface area contributed by atoms with E-state index in [1.807, 2.05) is 6.07 Å². The lowest BCUT2D eigenvalue weighted by Crippen LogP contribution is -2.39. The quantitative estimate of drug-likeness (QED) is 0.658. The van der Waals surface area contributed by atoms with Crippen LogP contribution >= 0.6 is 0 Å². The van der Waals surface area contributed by atoms with Crippen LogP contribution in [0.5, 0.6) is 11.5 Å². The van der Waals surface area contributed by atoms with Crippen LogP contribution in [-0.4, -0.2) is 32.2 Å². The molecule has 2 rings (SSSR count). The van der Waals surface area contributed by atoms with Gasteiger partial charge in [0.05, 0.1) is 13.7 Å². The van der Waals surface area contributed by atoms with E-state index < -0.39 is 12.6 Å². The van der Waals surface area contributed by atoms with Crippen molar-refractivity contribution in [2.75, 3.05) is 19.0 Å². The van der Waals surface area contributed by atoms with Gasteiger partial charge in [0.2, 0.25) is 5.91 Å². The zero-order chi connectivity index (χ0) is 19.6. The van der Waals surface area contributed by atoms with Crippen LogP contribution in [0.3, 0.4) is 0 Å². The molecule has 2 aromatic rings. The first-order chi connectivity index (χ1) is 13.0. The summed E-state index contributed by atoms with van der Waals surface area (Å²) in [6.45, 7) is -3.06. The van der Waals surface area contributed by atoms with E-state index in [9.17, 15) is 18.4 Å². The molecule has 144 valence electrons. The highest BCUT2D eigenvalue weighted by Gasteiger charge is 2.11. The van der Waals surface area contributed by atoms with E-state index in [0.717, 1.165) is 0 Å². The zero-order valence-corrected chi connectivity index (χ0v) is 14.5. The fourth-order valence-electron chi connectivity index (χ4n) is 2.15. The van der Waals surface area contributed by atoms with Crippen molar-refractivity contribution < 1.29 is 27.8 Å². The summed E-state index contributed by atoms with van der Waals surface area (Å²) in [5, 5.41) is 7.61. The summed E-state index contributed by atoms with van der Waals surface area (Å²) >= 11 is 0. The number of alkyl halides is 2. The molecule has 0 saturated heterocycles. The minimum Gasteiger partial charge on any atom is -0.493 e. The van der Waals surface area contributed by atoms with Gasteiger partial charge in [0, 0.05) is 12.2 Å². The van der Waals surface area contributed by atoms with E-state index in [-0.39, 0.29) is 30.5 Å². The monoisotopic (exact) mass is 379 g/mol. The van der Waals surface area contributed by atoms with Gasteiger partial charge in [0.15, 0.2) is 11.5 Å². The topological polar surface area (TPSA) is 88.7 Å². The van der Waals surface area contributed by atoms with Gasteiger partial charge in [0.1, 0.15) is 0 Å². The van der Waals surface area contributed by atoms with E-state index >= 15 is 0 Å². The molecule has 2 aromatic carbocycles. The van der Waals surface area contributed by atoms with Gasteiger partial charge >= 0.3 is 12.6 Å². The largest absolute Gasteiger partial charge is 0.493 e. The Bertz CT molecular complexity index is 772. The average molecular weight is 379 g/mol. The normalized spacial score (nSPS) is 10.2. The maximum Gasteiger partial charge on any atom is 0.387 e. The summed E-state index contributed by atoms with van der Waals surface area (Å²) in [4.78, 5) is 23.5. The van der Waals surface area contributed by atoms with Gasteiger partial charge in [-0.25, -0.2) is 4.79 Å². The lowest BCUT2D eigenvalue weighted by molar-refractivity contribution is -0.115. The third-order valence-electron chi connectivity index (χ3n) is 3.36. The lowest BCUT2D eigenvalue weighted by atomic mass is 10.2. The lowest BCUT2D eigenvalue weighted by Gasteiger charge is -2.12. The predicted molar refractivity (Wildman–Crippen MR) is 94.9 cm³/mol. The molecule has 7 nitrogen and oxygen atoms in total. The van der Waals surface area contributed by atoms with E-state index in [2.05, 4.69) is 20.7 Å². The van der Waals surface area contributed by atoms with E-state index in [1.165, 1.54) is 25.3 Å². The molecule has 9 heteroatoms. The first-order valence-corrected chi connectivity index (χ1v) is 7.96. The number of nitrogens with one attached hydrogen (secondary N) is 3. The van der Waals surface area contributed by atoms with Crippen molar-refractivity contribution in [3.05, 3.63) is 54.1 Å². The molecule has 0 aromatic heterocycles. The number of halogens is 2. The van der Waals surface area contributed by atoms with Crippen molar-refractivity contribution in [2.45, 2.75) is 13.2 Å². The molecule has 0 saturated carbocycles. The van der Waals surface area contributed by atoms with Crippen molar-refractivity contribution in [1.29, 1.82) is 0 Å². The smallest absolute Gasteiger partial charge is 0.387 e. The van der Waals surface area contributed by atoms with Crippen molar-refractivity contribution in [1.82, 2.24) is 10.6 Å². The second-order valence-electron chi connectivity index (χ2n) is 5.31. The number of hydrogen-bond donors (Lipinski definition) is 3. The molecular formula is C18H19F2N3O4. The zero-order valence-electron chi connectivity index (χ0n) is 14.5. The molecule has 0 heterocycles. The molecule has 0 bridgehead atoms. The highest BCUT2D eigenvalue weighted by molar-refractivity contribution is 5.94. The Hall–Kier alpha value is -3.36. The molecule has 3 amide bonds. The minimum absolute atomic E-state index is 0.0988. The van der Waals surface area contributed by atoms with Crippen molar-refractivity contribution in [3.63, 3.8) is 0 Å². The second kappa shape index (κ2) is 9.95. The molecule has 0 aliphatic heterocycles. The van der Waals surface area contributed by atoms with Crippen LogP contribution < -0.4 is 25.4 Å². The highest BCUT2D eigenvalue weighted by Crippen LogP contribution is 2.29. The fourth-order valence-corrected chi connectivity index (χ4v) is 2.15. The summed E-state index contributed by atoms with van der Waals surface area (Å²) in [6, 6.07) is 12.6. The maximum absolute atomic E-state index is 12.3. The van der Waals surface area contributed by atoms with Gasteiger partial charge in [0.25, 0.3) is 0 Å². The van der Waals surface area contributed by atoms with Crippen molar-refractivity contribution >= 4 is 17.6 Å². The third-order valence-corrected chi connectivity index (χ3v) is 3.36. The van der Waals surface area contributed by atoms with Gasteiger partial charge in [-0.15, -0.1) is 0 Å². The molecular weight excluding hydrogens is 360 g/mol. The van der Waals surface area contributed by atoms with Crippen molar-refractivity contribution in [2.24, 2.45) is 0 Å². The number of amides is 3. The van der Waals surface area contributed by atoms with Crippen LogP contribution in [0.1, 0.15) is 5.56 Å². The van der Waals surface area contributed by atoms with E-state index in [4.69, 9.17) is 4.74 Å². The number of urea groups is 1. The Morgan fingerprint density at radius 3 is 2.44 bits per heavy atom. The molecule has 0 aliphatic rings. The van der Waals surface area contributed by atoms with Crippen molar-refractivity contribution in [3.8, 4) is 11.5 Å². The first-order valence-electron chi connectivity index (χ1n) is 7.96. The summed E-state index contributed by atoms with van der Waals surface area (Å²) in [6.07, 6.45) is 0. The standard InChI is InChI=1S/C18H19F2N3O4/c1-26-15-9-12(7-8-14(15)27-17(19)20)10-21-18(25)22-11-16(24)23-13-5-3-2-4-6-13/h2-9,17H,10-11H2,1H3,(H,23,24)(H2,21,22,25). The minimum atomic E-state index is -2.96. The van der Waals surface area contributed by atoms with Crippen LogP contribution in [0, 0.1) is 0 Å². The van der Waals surface area contributed by atoms with Gasteiger partial charge in [-0.1, -0.05) is 24.3 Å². The molecule has 0 atom stereocenters. The Balaban J connectivity index is 1.78. The Morgan fingerprint density at radius 1 is 1.04 bits per heavy atom. The van der Waals surface area contributed by atoms with Crippen LogP contribution in [0.15, 0.2) is 48.5 Å². The molecule has 0 fully saturated rings. The van der Waals surface area contributed by atoms with Gasteiger partial charge < -0.3 is 25.4 Å². The van der Waals surface area contributed by atoms with Crippen LogP contribution in [0.25, 0.3) is 0 Å². The Labute approximate surface area is 154 Å². The number of carbonyl (C=O) groups is 2. The number of benzene rings is 2. The maximum atomic E-state index is 12.3. The fraction of sp³-hybridized carbons (Fsp3) is 0.222. The van der Waals surface area contributed by atoms with E-state index in [0.29, 0.717) is 11.3 Å². The Kier molecular flexibility index (Phi) is 7.36. The molecule has 0 radical (unpaired) electrons. The van der Waals surface area contributed by atoms with Gasteiger partial charge in [-0.2, -0.15) is 8.78 Å². The summed E-state index contributed by atoms with van der Waals surface area (Å²) < 4.78 is 33.9. The van der Waals surface area contributed by atoms with Gasteiger partial charge in [-0.3, -0.25) is 4.79 Å². The second-order valence-corrected chi connectivity index (χ2v) is 5.31. The third kappa shape index (κ3) is 6.81. The van der Waals surface area contributed by atoms with E-state index in [1.54, 1.807) is 24.3 Å². The summed E-state index contributed by atoms with van der Waals surface area (Å²) in [5.74, 6) is -0.345. The van der Waals surface area contributed by atoms with Crippen LogP contribution in [0.4, 0.5) is 19.3 Å². The number of anilines is 1. The number of rotatable bonds is 8. The Morgan fingerprint density at radius 2 is 1.78 bits per heavy atom. The highest BCUT2D eigenvalue weighted by atomic mass is 19.3. The average Bonchev–Trinajstić information content (AvgIpc) is 2.66. The summed E-state index contributed by atoms with van der Waals surface area (Å²) in [5.41, 5.74) is 1.24. The number of para-hydroxylation sites is 1. The van der Waals surface area contributed by atoms with Crippen LogP contribution in [0.2, 0.25) is 0 Å². The SMILES string of the molecule is COc1cc(CNC(=O)NCC(=O)Nc2ccccc2)ccc1OC(F)F. The van der Waals surface area contributed by atoms with Crippen LogP contribution in [-0.2, 0) is 11.3 Å². The molecule has 0 spiro atoms. The number of carbonyl (C=O) groups excluding carboxylic acids is 2.